The minimum absolute atomic E-state index is 0.176. The summed E-state index contributed by atoms with van der Waals surface area (Å²) in [5, 5.41) is 0. The fourth-order valence-corrected chi connectivity index (χ4v) is 2.93. The molecule has 0 saturated heterocycles. The highest BCUT2D eigenvalue weighted by atomic mass is 19.1. The average Bonchev–Trinajstić information content (AvgIpc) is 2.49. The summed E-state index contributed by atoms with van der Waals surface area (Å²) in [5.41, 5.74) is 6.25. The van der Waals surface area contributed by atoms with E-state index in [1.54, 1.807) is 6.07 Å². The first-order valence-electron chi connectivity index (χ1n) is 8.04. The van der Waals surface area contributed by atoms with Gasteiger partial charge in [0, 0.05) is 12.1 Å². The van der Waals surface area contributed by atoms with Crippen molar-refractivity contribution in [3.8, 4) is 11.5 Å². The summed E-state index contributed by atoms with van der Waals surface area (Å²) in [6.45, 7) is 4.66. The van der Waals surface area contributed by atoms with Gasteiger partial charge in [-0.25, -0.2) is 4.39 Å². The first-order chi connectivity index (χ1) is 10.2. The third-order valence-corrected chi connectivity index (χ3v) is 4.17. The van der Waals surface area contributed by atoms with E-state index in [1.807, 2.05) is 6.92 Å². The molecule has 0 aromatic heterocycles. The second kappa shape index (κ2) is 7.53. The number of nitrogens with two attached hydrogens (primary N) is 1. The quantitative estimate of drug-likeness (QED) is 0.783. The number of halogens is 1. The Hall–Kier alpha value is -1.45. The number of anilines is 1. The van der Waals surface area contributed by atoms with Gasteiger partial charge in [-0.05, 0) is 38.0 Å². The van der Waals surface area contributed by atoms with Crippen LogP contribution in [-0.4, -0.2) is 12.7 Å². The molecule has 1 aromatic rings. The van der Waals surface area contributed by atoms with Crippen LogP contribution in [0.2, 0.25) is 0 Å². The van der Waals surface area contributed by atoms with Gasteiger partial charge >= 0.3 is 0 Å². The van der Waals surface area contributed by atoms with Gasteiger partial charge in [0.15, 0.2) is 11.6 Å². The summed E-state index contributed by atoms with van der Waals surface area (Å²) < 4.78 is 25.3. The van der Waals surface area contributed by atoms with Gasteiger partial charge in [0.1, 0.15) is 11.9 Å². The standard InChI is InChI=1S/C17H26FNO2/c1-3-9-20-16-11-17(14(19)10-13(16)18)21-15-8-6-5-7-12(15)4-2/h10-12,15H,3-9,19H2,1-2H3. The molecule has 1 fully saturated rings. The first kappa shape index (κ1) is 15.9. The van der Waals surface area contributed by atoms with Gasteiger partial charge in [0.25, 0.3) is 0 Å². The fraction of sp³-hybridized carbons (Fsp3) is 0.647. The minimum atomic E-state index is -0.427. The lowest BCUT2D eigenvalue weighted by Crippen LogP contribution is -2.30. The van der Waals surface area contributed by atoms with Crippen molar-refractivity contribution in [2.24, 2.45) is 5.92 Å². The van der Waals surface area contributed by atoms with Crippen molar-refractivity contribution in [3.63, 3.8) is 0 Å². The van der Waals surface area contributed by atoms with Crippen molar-refractivity contribution >= 4 is 5.69 Å². The molecule has 1 aliphatic carbocycles. The van der Waals surface area contributed by atoms with Gasteiger partial charge in [-0.2, -0.15) is 0 Å². The first-order valence-corrected chi connectivity index (χ1v) is 8.04. The van der Waals surface area contributed by atoms with Crippen LogP contribution in [0.1, 0.15) is 52.4 Å². The molecule has 2 rings (SSSR count). The van der Waals surface area contributed by atoms with Crippen LogP contribution in [0, 0.1) is 11.7 Å². The summed E-state index contributed by atoms with van der Waals surface area (Å²) >= 11 is 0. The van der Waals surface area contributed by atoms with E-state index >= 15 is 0 Å². The highest BCUT2D eigenvalue weighted by Crippen LogP contribution is 2.35. The van der Waals surface area contributed by atoms with Crippen molar-refractivity contribution in [2.45, 2.75) is 58.5 Å². The zero-order valence-corrected chi connectivity index (χ0v) is 13.0. The summed E-state index contributed by atoms with van der Waals surface area (Å²) in [6, 6.07) is 2.89. The molecule has 2 atom stereocenters. The Labute approximate surface area is 126 Å². The summed E-state index contributed by atoms with van der Waals surface area (Å²) in [5.74, 6) is 0.907. The molecule has 118 valence electrons. The van der Waals surface area contributed by atoms with E-state index in [9.17, 15) is 4.39 Å². The van der Waals surface area contributed by atoms with Crippen LogP contribution < -0.4 is 15.2 Å². The Kier molecular flexibility index (Phi) is 5.71. The Morgan fingerprint density at radius 2 is 1.95 bits per heavy atom. The molecule has 0 aliphatic heterocycles. The summed E-state index contributed by atoms with van der Waals surface area (Å²) in [4.78, 5) is 0. The Bertz CT molecular complexity index is 464. The lowest BCUT2D eigenvalue weighted by Gasteiger charge is -2.31. The van der Waals surface area contributed by atoms with E-state index < -0.39 is 5.82 Å². The second-order valence-corrected chi connectivity index (χ2v) is 5.78. The van der Waals surface area contributed by atoms with E-state index in [1.165, 1.54) is 25.3 Å². The molecule has 4 heteroatoms. The lowest BCUT2D eigenvalue weighted by molar-refractivity contribution is 0.0906. The molecule has 1 aromatic carbocycles. The molecule has 0 spiro atoms. The molecule has 0 amide bonds. The molecular weight excluding hydrogens is 269 g/mol. The van der Waals surface area contributed by atoms with E-state index in [4.69, 9.17) is 15.2 Å². The van der Waals surface area contributed by atoms with Crippen molar-refractivity contribution in [2.75, 3.05) is 12.3 Å². The van der Waals surface area contributed by atoms with Crippen molar-refractivity contribution in [3.05, 3.63) is 17.9 Å². The van der Waals surface area contributed by atoms with E-state index in [2.05, 4.69) is 6.92 Å². The predicted octanol–water partition coefficient (Wildman–Crippen LogP) is 4.54. The van der Waals surface area contributed by atoms with E-state index in [0.717, 1.165) is 19.3 Å². The van der Waals surface area contributed by atoms with Crippen LogP contribution in [0.3, 0.4) is 0 Å². The molecule has 21 heavy (non-hydrogen) atoms. The van der Waals surface area contributed by atoms with Crippen LogP contribution >= 0.6 is 0 Å². The predicted molar refractivity (Wildman–Crippen MR) is 83.3 cm³/mol. The average molecular weight is 295 g/mol. The van der Waals surface area contributed by atoms with Crippen LogP contribution in [0.5, 0.6) is 11.5 Å². The summed E-state index contributed by atoms with van der Waals surface area (Å²) in [7, 11) is 0. The Morgan fingerprint density at radius 3 is 2.67 bits per heavy atom. The lowest BCUT2D eigenvalue weighted by atomic mass is 9.85. The number of nitrogen functional groups attached to an aromatic ring is 1. The maximum absolute atomic E-state index is 13.8. The normalized spacial score (nSPS) is 22.0. The molecule has 2 N–H and O–H groups in total. The van der Waals surface area contributed by atoms with Crippen LogP contribution in [0.4, 0.5) is 10.1 Å². The van der Waals surface area contributed by atoms with Crippen molar-refractivity contribution < 1.29 is 13.9 Å². The van der Waals surface area contributed by atoms with Crippen molar-refractivity contribution in [1.29, 1.82) is 0 Å². The van der Waals surface area contributed by atoms with Gasteiger partial charge in [-0.3, -0.25) is 0 Å². The number of hydrogen-bond donors (Lipinski definition) is 1. The molecular formula is C17H26FNO2. The molecule has 1 saturated carbocycles. The second-order valence-electron chi connectivity index (χ2n) is 5.78. The number of rotatable bonds is 6. The Morgan fingerprint density at radius 1 is 1.19 bits per heavy atom. The largest absolute Gasteiger partial charge is 0.490 e. The molecule has 3 nitrogen and oxygen atoms in total. The molecule has 2 unspecified atom stereocenters. The zero-order valence-electron chi connectivity index (χ0n) is 13.0. The fourth-order valence-electron chi connectivity index (χ4n) is 2.93. The van der Waals surface area contributed by atoms with Crippen LogP contribution in [0.15, 0.2) is 12.1 Å². The van der Waals surface area contributed by atoms with E-state index in [0.29, 0.717) is 24.0 Å². The zero-order chi connectivity index (χ0) is 15.2. The van der Waals surface area contributed by atoms with Gasteiger partial charge in [0.2, 0.25) is 0 Å². The topological polar surface area (TPSA) is 44.5 Å². The number of benzene rings is 1. The monoisotopic (exact) mass is 295 g/mol. The third kappa shape index (κ3) is 4.02. The molecule has 0 bridgehead atoms. The molecule has 1 aliphatic rings. The smallest absolute Gasteiger partial charge is 0.167 e. The maximum Gasteiger partial charge on any atom is 0.167 e. The summed E-state index contributed by atoms with van der Waals surface area (Å²) in [6.07, 6.45) is 6.80. The van der Waals surface area contributed by atoms with Crippen molar-refractivity contribution in [1.82, 2.24) is 0 Å². The van der Waals surface area contributed by atoms with Gasteiger partial charge < -0.3 is 15.2 Å². The number of hydrogen-bond acceptors (Lipinski definition) is 3. The molecule has 0 heterocycles. The van der Waals surface area contributed by atoms with Gasteiger partial charge in [-0.1, -0.05) is 20.3 Å². The molecule has 0 radical (unpaired) electrons. The SMILES string of the molecule is CCCOc1cc(OC2CCCCC2CC)c(N)cc1F. The van der Waals surface area contributed by atoms with Gasteiger partial charge in [0.05, 0.1) is 12.3 Å². The number of ether oxygens (including phenoxy) is 2. The highest BCUT2D eigenvalue weighted by Gasteiger charge is 2.26. The van der Waals surface area contributed by atoms with Crippen LogP contribution in [-0.2, 0) is 0 Å². The third-order valence-electron chi connectivity index (χ3n) is 4.17. The minimum Gasteiger partial charge on any atom is -0.490 e. The van der Waals surface area contributed by atoms with Crippen LogP contribution in [0.25, 0.3) is 0 Å². The Balaban J connectivity index is 2.14. The van der Waals surface area contributed by atoms with E-state index in [-0.39, 0.29) is 11.9 Å². The highest BCUT2D eigenvalue weighted by molar-refractivity contribution is 5.56. The maximum atomic E-state index is 13.8. The van der Waals surface area contributed by atoms with Gasteiger partial charge in [-0.15, -0.1) is 0 Å².